The Morgan fingerprint density at radius 3 is 2.31 bits per heavy atom. The Balaban J connectivity index is 1.29. The van der Waals surface area contributed by atoms with Gasteiger partial charge < -0.3 is 10.1 Å². The first-order valence-electron chi connectivity index (χ1n) is 10.8. The molecule has 0 radical (unpaired) electrons. The van der Waals surface area contributed by atoms with E-state index in [9.17, 15) is 29.3 Å². The molecule has 3 amide bonds. The molecule has 0 atom stereocenters. The summed E-state index contributed by atoms with van der Waals surface area (Å²) < 4.78 is 4.94. The molecule has 1 N–H and O–H groups in total. The van der Waals surface area contributed by atoms with E-state index in [2.05, 4.69) is 5.32 Å². The van der Waals surface area contributed by atoms with Crippen LogP contribution < -0.4 is 5.32 Å². The van der Waals surface area contributed by atoms with Gasteiger partial charge in [0.2, 0.25) is 0 Å². The second kappa shape index (κ2) is 9.72. The Kier molecular flexibility index (Phi) is 6.54. The second-order valence-corrected chi connectivity index (χ2v) is 8.06. The maximum atomic E-state index is 12.9. The van der Waals surface area contributed by atoms with E-state index in [1.54, 1.807) is 37.3 Å². The first-order valence-corrected chi connectivity index (χ1v) is 10.8. The molecule has 0 unspecified atom stereocenters. The molecule has 3 aromatic carbocycles. The number of nitro groups is 1. The molecule has 10 heteroatoms. The number of nitrogens with zero attached hydrogens (tertiary/aromatic N) is 2. The van der Waals surface area contributed by atoms with Crippen LogP contribution in [0.4, 0.5) is 11.4 Å². The van der Waals surface area contributed by atoms with Crippen molar-refractivity contribution in [3.05, 3.63) is 81.4 Å². The zero-order chi connectivity index (χ0) is 25.1. The van der Waals surface area contributed by atoms with Gasteiger partial charge in [-0.1, -0.05) is 30.3 Å². The first-order chi connectivity index (χ1) is 16.8. The molecule has 1 aliphatic rings. The van der Waals surface area contributed by atoms with Crippen molar-refractivity contribution in [2.24, 2.45) is 0 Å². The minimum Gasteiger partial charge on any atom is -0.456 e. The number of ether oxygens (including phenoxy) is 1. The Bertz CT molecular complexity index is 1330. The third kappa shape index (κ3) is 4.86. The fourth-order valence-corrected chi connectivity index (χ4v) is 3.97. The van der Waals surface area contributed by atoms with E-state index < -0.39 is 35.2 Å². The zero-order valence-electron chi connectivity index (χ0n) is 18.8. The monoisotopic (exact) mass is 475 g/mol. The summed E-state index contributed by atoms with van der Waals surface area (Å²) >= 11 is 0. The van der Waals surface area contributed by atoms with Crippen LogP contribution in [0.15, 0.2) is 54.6 Å². The Hall–Kier alpha value is -4.60. The minimum atomic E-state index is -0.726. The molecule has 0 spiro atoms. The van der Waals surface area contributed by atoms with Crippen molar-refractivity contribution in [3.63, 3.8) is 0 Å². The van der Waals surface area contributed by atoms with Crippen LogP contribution in [0.3, 0.4) is 0 Å². The topological polar surface area (TPSA) is 136 Å². The minimum absolute atomic E-state index is 0.000858. The molecule has 10 nitrogen and oxygen atoms in total. The van der Waals surface area contributed by atoms with Crippen LogP contribution in [0.25, 0.3) is 10.8 Å². The standard InChI is InChI=1S/C25H21N3O7/c1-15-10-11-19(20(13-15)28(33)34)26-21(29)14-35-22(30)9-4-12-27-24(31)17-7-2-5-16-6-3-8-18(23(16)17)25(27)32/h2-3,5-8,10-11,13H,4,9,12,14H2,1H3,(H,26,29). The highest BCUT2D eigenvalue weighted by Gasteiger charge is 2.32. The normalized spacial score (nSPS) is 12.5. The molecule has 0 bridgehead atoms. The molecular weight excluding hydrogens is 454 g/mol. The molecule has 0 saturated heterocycles. The van der Waals surface area contributed by atoms with Crippen LogP contribution in [-0.2, 0) is 14.3 Å². The number of imide groups is 1. The summed E-state index contributed by atoms with van der Waals surface area (Å²) in [4.78, 5) is 61.5. The summed E-state index contributed by atoms with van der Waals surface area (Å²) in [7, 11) is 0. The average molecular weight is 475 g/mol. The van der Waals surface area contributed by atoms with Gasteiger partial charge >= 0.3 is 5.97 Å². The van der Waals surface area contributed by atoms with E-state index in [0.29, 0.717) is 22.1 Å². The Morgan fingerprint density at radius 1 is 1.03 bits per heavy atom. The largest absolute Gasteiger partial charge is 0.456 e. The van der Waals surface area contributed by atoms with Gasteiger partial charge in [-0.2, -0.15) is 0 Å². The van der Waals surface area contributed by atoms with Gasteiger partial charge in [-0.25, -0.2) is 0 Å². The smallest absolute Gasteiger partial charge is 0.306 e. The third-order valence-electron chi connectivity index (χ3n) is 5.61. The fraction of sp³-hybridized carbons (Fsp3) is 0.200. The van der Waals surface area contributed by atoms with Gasteiger partial charge in [-0.05, 0) is 42.5 Å². The van der Waals surface area contributed by atoms with E-state index in [1.807, 2.05) is 12.1 Å². The van der Waals surface area contributed by atoms with Gasteiger partial charge in [-0.15, -0.1) is 0 Å². The van der Waals surface area contributed by atoms with E-state index >= 15 is 0 Å². The predicted molar refractivity (Wildman–Crippen MR) is 126 cm³/mol. The van der Waals surface area contributed by atoms with Crippen molar-refractivity contribution in [1.82, 2.24) is 4.90 Å². The van der Waals surface area contributed by atoms with E-state index in [-0.39, 0.29) is 30.8 Å². The van der Waals surface area contributed by atoms with Gasteiger partial charge in [0.25, 0.3) is 23.4 Å². The number of anilines is 1. The maximum absolute atomic E-state index is 12.9. The summed E-state index contributed by atoms with van der Waals surface area (Å²) in [5.41, 5.74) is 1.26. The van der Waals surface area contributed by atoms with Crippen molar-refractivity contribution in [3.8, 4) is 0 Å². The van der Waals surface area contributed by atoms with Gasteiger partial charge in [0, 0.05) is 35.5 Å². The highest BCUT2D eigenvalue weighted by molar-refractivity contribution is 6.25. The first kappa shape index (κ1) is 23.6. The number of hydrogen-bond donors (Lipinski definition) is 1. The molecule has 0 saturated carbocycles. The fourth-order valence-electron chi connectivity index (χ4n) is 3.97. The predicted octanol–water partition coefficient (Wildman–Crippen LogP) is 3.61. The lowest BCUT2D eigenvalue weighted by Gasteiger charge is -2.27. The van der Waals surface area contributed by atoms with Crippen LogP contribution >= 0.6 is 0 Å². The highest BCUT2D eigenvalue weighted by atomic mass is 16.6. The number of aryl methyl sites for hydroxylation is 1. The molecule has 0 aliphatic carbocycles. The van der Waals surface area contributed by atoms with Crippen molar-refractivity contribution in [2.45, 2.75) is 19.8 Å². The summed E-state index contributed by atoms with van der Waals surface area (Å²) in [6, 6.07) is 14.8. The number of carbonyl (C=O) groups excluding carboxylic acids is 4. The van der Waals surface area contributed by atoms with Crippen LogP contribution in [-0.4, -0.2) is 46.7 Å². The molecule has 4 rings (SSSR count). The van der Waals surface area contributed by atoms with Crippen molar-refractivity contribution in [1.29, 1.82) is 0 Å². The van der Waals surface area contributed by atoms with Gasteiger partial charge in [0.15, 0.2) is 6.61 Å². The number of esters is 1. The lowest BCUT2D eigenvalue weighted by atomic mass is 9.94. The zero-order valence-corrected chi connectivity index (χ0v) is 18.8. The number of nitro benzene ring substituents is 1. The maximum Gasteiger partial charge on any atom is 0.306 e. The quantitative estimate of drug-likeness (QED) is 0.227. The molecular formula is C25H21N3O7. The number of carbonyl (C=O) groups is 4. The number of benzene rings is 3. The third-order valence-corrected chi connectivity index (χ3v) is 5.61. The van der Waals surface area contributed by atoms with Gasteiger partial charge in [0.05, 0.1) is 4.92 Å². The van der Waals surface area contributed by atoms with E-state index in [0.717, 1.165) is 10.3 Å². The van der Waals surface area contributed by atoms with Gasteiger partial charge in [-0.3, -0.25) is 34.2 Å². The Morgan fingerprint density at radius 2 is 1.69 bits per heavy atom. The number of hydrogen-bond acceptors (Lipinski definition) is 7. The van der Waals surface area contributed by atoms with Crippen molar-refractivity contribution in [2.75, 3.05) is 18.5 Å². The molecule has 1 heterocycles. The molecule has 35 heavy (non-hydrogen) atoms. The molecule has 0 fully saturated rings. The summed E-state index contributed by atoms with van der Waals surface area (Å²) in [5.74, 6) is -2.27. The van der Waals surface area contributed by atoms with Crippen molar-refractivity contribution >= 4 is 45.8 Å². The highest BCUT2D eigenvalue weighted by Crippen LogP contribution is 2.30. The number of nitrogens with one attached hydrogen (secondary N) is 1. The molecule has 3 aromatic rings. The van der Waals surface area contributed by atoms with Crippen LogP contribution in [0.2, 0.25) is 0 Å². The lowest BCUT2D eigenvalue weighted by Crippen LogP contribution is -2.41. The van der Waals surface area contributed by atoms with E-state index in [4.69, 9.17) is 4.74 Å². The van der Waals surface area contributed by atoms with Crippen molar-refractivity contribution < 1.29 is 28.8 Å². The SMILES string of the molecule is Cc1ccc(NC(=O)COC(=O)CCCN2C(=O)c3cccc4cccc(c34)C2=O)c([N+](=O)[O-])c1. The number of amides is 3. The lowest BCUT2D eigenvalue weighted by molar-refractivity contribution is -0.384. The summed E-state index contributed by atoms with van der Waals surface area (Å²) in [6.07, 6.45) is 0.0282. The van der Waals surface area contributed by atoms with Gasteiger partial charge in [0.1, 0.15) is 5.69 Å². The van der Waals surface area contributed by atoms with E-state index in [1.165, 1.54) is 12.1 Å². The second-order valence-electron chi connectivity index (χ2n) is 8.06. The Labute approximate surface area is 199 Å². The molecule has 178 valence electrons. The summed E-state index contributed by atoms with van der Waals surface area (Å²) in [6.45, 7) is 1.07. The summed E-state index contributed by atoms with van der Waals surface area (Å²) in [5, 5.41) is 14.9. The van der Waals surface area contributed by atoms with Crippen LogP contribution in [0.1, 0.15) is 39.1 Å². The van der Waals surface area contributed by atoms with Crippen LogP contribution in [0.5, 0.6) is 0 Å². The average Bonchev–Trinajstić information content (AvgIpc) is 2.84. The molecule has 1 aliphatic heterocycles. The molecule has 0 aromatic heterocycles. The van der Waals surface area contributed by atoms with Crippen LogP contribution in [0, 0.1) is 17.0 Å². The number of rotatable bonds is 8.